The molecular formula is C23H38O4. The van der Waals surface area contributed by atoms with Crippen LogP contribution < -0.4 is 0 Å². The SMILES string of the molecule is CCCC(C)C1(OC(=O)COC(=O)C(C)CC)C2CC3CC1CC(C)(C3)C2. The lowest BCUT2D eigenvalue weighted by Gasteiger charge is -2.65. The zero-order chi connectivity index (χ0) is 19.8. The molecule has 0 aromatic rings. The maximum Gasteiger partial charge on any atom is 0.344 e. The number of hydrogen-bond acceptors (Lipinski definition) is 4. The Bertz CT molecular complexity index is 553. The molecule has 0 aliphatic heterocycles. The maximum absolute atomic E-state index is 12.7. The molecule has 0 radical (unpaired) electrons. The van der Waals surface area contributed by atoms with Gasteiger partial charge in [-0.05, 0) is 62.2 Å². The van der Waals surface area contributed by atoms with E-state index in [0.717, 1.165) is 25.2 Å². The summed E-state index contributed by atoms with van der Waals surface area (Å²) in [5, 5.41) is 0. The summed E-state index contributed by atoms with van der Waals surface area (Å²) < 4.78 is 11.6. The lowest BCUT2D eigenvalue weighted by atomic mass is 9.43. The highest BCUT2D eigenvalue weighted by atomic mass is 16.6. The molecule has 0 N–H and O–H groups in total. The number of esters is 2. The van der Waals surface area contributed by atoms with Crippen LogP contribution in [-0.2, 0) is 19.1 Å². The van der Waals surface area contributed by atoms with Gasteiger partial charge >= 0.3 is 11.9 Å². The minimum atomic E-state index is -0.355. The summed E-state index contributed by atoms with van der Waals surface area (Å²) >= 11 is 0. The topological polar surface area (TPSA) is 52.6 Å². The predicted octanol–water partition coefficient (Wildman–Crippen LogP) is 5.14. The lowest BCUT2D eigenvalue weighted by Crippen LogP contribution is -2.65. The highest BCUT2D eigenvalue weighted by molar-refractivity contribution is 5.77. The van der Waals surface area contributed by atoms with Gasteiger partial charge in [0.15, 0.2) is 6.61 Å². The first-order valence-corrected chi connectivity index (χ1v) is 11.1. The molecule has 0 aromatic carbocycles. The molecule has 4 nitrogen and oxygen atoms in total. The quantitative estimate of drug-likeness (QED) is 0.549. The Balaban J connectivity index is 1.75. The molecule has 4 heteroatoms. The third-order valence-electron chi connectivity index (χ3n) is 7.90. The number of rotatable bonds is 8. The van der Waals surface area contributed by atoms with Gasteiger partial charge in [0.25, 0.3) is 0 Å². The molecule has 0 spiro atoms. The summed E-state index contributed by atoms with van der Waals surface area (Å²) in [5.74, 6) is 1.25. The van der Waals surface area contributed by atoms with Crippen molar-refractivity contribution < 1.29 is 19.1 Å². The molecule has 4 saturated carbocycles. The van der Waals surface area contributed by atoms with Gasteiger partial charge in [-0.1, -0.05) is 41.0 Å². The average Bonchev–Trinajstić information content (AvgIpc) is 2.60. The van der Waals surface area contributed by atoms with Crippen molar-refractivity contribution in [3.63, 3.8) is 0 Å². The summed E-state index contributed by atoms with van der Waals surface area (Å²) in [4.78, 5) is 24.7. The molecule has 154 valence electrons. The van der Waals surface area contributed by atoms with Gasteiger partial charge in [-0.3, -0.25) is 4.79 Å². The second-order valence-electron chi connectivity index (χ2n) is 10.1. The van der Waals surface area contributed by atoms with Crippen molar-refractivity contribution in [3.8, 4) is 0 Å². The Hall–Kier alpha value is -1.06. The van der Waals surface area contributed by atoms with Crippen molar-refractivity contribution in [2.45, 2.75) is 91.6 Å². The van der Waals surface area contributed by atoms with E-state index >= 15 is 0 Å². The third kappa shape index (κ3) is 3.78. The van der Waals surface area contributed by atoms with E-state index in [0.29, 0.717) is 23.2 Å². The van der Waals surface area contributed by atoms with E-state index in [2.05, 4.69) is 20.8 Å². The molecule has 4 aliphatic carbocycles. The summed E-state index contributed by atoms with van der Waals surface area (Å²) in [7, 11) is 0. The van der Waals surface area contributed by atoms with Gasteiger partial charge in [-0.2, -0.15) is 0 Å². The predicted molar refractivity (Wildman–Crippen MR) is 105 cm³/mol. The minimum Gasteiger partial charge on any atom is -0.456 e. The van der Waals surface area contributed by atoms with Crippen LogP contribution >= 0.6 is 0 Å². The molecule has 4 unspecified atom stereocenters. The average molecular weight is 379 g/mol. The second kappa shape index (κ2) is 7.75. The fourth-order valence-electron chi connectivity index (χ4n) is 6.79. The van der Waals surface area contributed by atoms with Crippen molar-refractivity contribution in [1.82, 2.24) is 0 Å². The van der Waals surface area contributed by atoms with Crippen molar-refractivity contribution in [1.29, 1.82) is 0 Å². The number of hydrogen-bond donors (Lipinski definition) is 0. The highest BCUT2D eigenvalue weighted by Gasteiger charge is 2.64. The molecule has 4 fully saturated rings. The van der Waals surface area contributed by atoms with E-state index in [1.807, 2.05) is 13.8 Å². The Morgan fingerprint density at radius 2 is 1.70 bits per heavy atom. The van der Waals surface area contributed by atoms with E-state index in [-0.39, 0.29) is 30.1 Å². The normalized spacial score (nSPS) is 39.1. The van der Waals surface area contributed by atoms with E-state index in [1.165, 1.54) is 32.1 Å². The minimum absolute atomic E-state index is 0.174. The highest BCUT2D eigenvalue weighted by Crippen LogP contribution is 2.66. The Kier molecular flexibility index (Phi) is 5.93. The van der Waals surface area contributed by atoms with Crippen LogP contribution in [0.1, 0.15) is 86.0 Å². The van der Waals surface area contributed by atoms with Crippen LogP contribution in [0, 0.1) is 35.0 Å². The first kappa shape index (κ1) is 20.7. The molecule has 4 bridgehead atoms. The van der Waals surface area contributed by atoms with Crippen LogP contribution in [0.25, 0.3) is 0 Å². The van der Waals surface area contributed by atoms with Gasteiger partial charge in [-0.25, -0.2) is 4.79 Å². The molecule has 0 saturated heterocycles. The van der Waals surface area contributed by atoms with Crippen LogP contribution in [0.15, 0.2) is 0 Å². The first-order valence-electron chi connectivity index (χ1n) is 11.1. The molecular weight excluding hydrogens is 340 g/mol. The van der Waals surface area contributed by atoms with E-state index < -0.39 is 0 Å². The summed E-state index contributed by atoms with van der Waals surface area (Å²) in [6, 6.07) is 0. The van der Waals surface area contributed by atoms with E-state index in [9.17, 15) is 9.59 Å². The summed E-state index contributed by atoms with van der Waals surface area (Å²) in [6.45, 7) is 10.4. The molecule has 0 heterocycles. The molecule has 0 amide bonds. The number of carbonyl (C=O) groups is 2. The monoisotopic (exact) mass is 378 g/mol. The number of carbonyl (C=O) groups excluding carboxylic acids is 2. The van der Waals surface area contributed by atoms with Crippen LogP contribution in [0.3, 0.4) is 0 Å². The van der Waals surface area contributed by atoms with Crippen molar-refractivity contribution in [2.24, 2.45) is 35.0 Å². The Morgan fingerprint density at radius 1 is 1.07 bits per heavy atom. The molecule has 4 rings (SSSR count). The summed E-state index contributed by atoms with van der Waals surface area (Å²) in [5.41, 5.74) is 0.0771. The zero-order valence-corrected chi connectivity index (χ0v) is 17.9. The van der Waals surface area contributed by atoms with Gasteiger partial charge < -0.3 is 9.47 Å². The molecule has 4 atom stereocenters. The van der Waals surface area contributed by atoms with Crippen LogP contribution in [0.4, 0.5) is 0 Å². The van der Waals surface area contributed by atoms with Crippen LogP contribution in [0.5, 0.6) is 0 Å². The van der Waals surface area contributed by atoms with E-state index in [1.54, 1.807) is 0 Å². The van der Waals surface area contributed by atoms with E-state index in [4.69, 9.17) is 9.47 Å². The van der Waals surface area contributed by atoms with Crippen LogP contribution in [-0.4, -0.2) is 24.1 Å². The van der Waals surface area contributed by atoms with Crippen molar-refractivity contribution >= 4 is 11.9 Å². The Labute approximate surface area is 164 Å². The smallest absolute Gasteiger partial charge is 0.344 e. The summed E-state index contributed by atoms with van der Waals surface area (Å²) in [6.07, 6.45) is 8.98. The second-order valence-corrected chi connectivity index (χ2v) is 10.1. The zero-order valence-electron chi connectivity index (χ0n) is 17.9. The van der Waals surface area contributed by atoms with Crippen molar-refractivity contribution in [2.75, 3.05) is 6.61 Å². The van der Waals surface area contributed by atoms with Gasteiger partial charge in [-0.15, -0.1) is 0 Å². The standard InChI is InChI=1S/C23H38O4/c1-6-8-16(4)23(27-20(24)14-26-21(25)15(3)7-2)18-9-17-10-19(23)13-22(5,11-17)12-18/h15-19H,6-14H2,1-5H3. The first-order chi connectivity index (χ1) is 12.7. The third-order valence-corrected chi connectivity index (χ3v) is 7.90. The molecule has 0 aromatic heterocycles. The van der Waals surface area contributed by atoms with Crippen molar-refractivity contribution in [3.05, 3.63) is 0 Å². The van der Waals surface area contributed by atoms with Gasteiger partial charge in [0.05, 0.1) is 5.92 Å². The largest absolute Gasteiger partial charge is 0.456 e. The number of ether oxygens (including phenoxy) is 2. The van der Waals surface area contributed by atoms with Gasteiger partial charge in [0.2, 0.25) is 0 Å². The lowest BCUT2D eigenvalue weighted by molar-refractivity contribution is -0.243. The van der Waals surface area contributed by atoms with Gasteiger partial charge in [0, 0.05) is 11.8 Å². The fourth-order valence-corrected chi connectivity index (χ4v) is 6.79. The maximum atomic E-state index is 12.7. The molecule has 4 aliphatic rings. The Morgan fingerprint density at radius 3 is 2.22 bits per heavy atom. The van der Waals surface area contributed by atoms with Crippen LogP contribution in [0.2, 0.25) is 0 Å². The molecule has 27 heavy (non-hydrogen) atoms. The van der Waals surface area contributed by atoms with Gasteiger partial charge in [0.1, 0.15) is 5.60 Å². The fraction of sp³-hybridized carbons (Fsp3) is 0.913.